The van der Waals surface area contributed by atoms with Crippen molar-refractivity contribution in [1.82, 2.24) is 0 Å². The topological polar surface area (TPSA) is 0 Å². The van der Waals surface area contributed by atoms with E-state index in [-0.39, 0.29) is 0 Å². The van der Waals surface area contributed by atoms with Gasteiger partial charge in [0.15, 0.2) is 0 Å². The molecule has 0 atom stereocenters. The van der Waals surface area contributed by atoms with Crippen molar-refractivity contribution in [3.63, 3.8) is 0 Å². The lowest BCUT2D eigenvalue weighted by molar-refractivity contribution is 1.49. The molecule has 11 heavy (non-hydrogen) atoms. The van der Waals surface area contributed by atoms with Gasteiger partial charge in [0.05, 0.1) is 0 Å². The van der Waals surface area contributed by atoms with E-state index in [4.69, 9.17) is 0 Å². The first-order valence-corrected chi connectivity index (χ1v) is 12.2. The number of hydrogen-bond donors (Lipinski definition) is 0. The van der Waals surface area contributed by atoms with Gasteiger partial charge in [-0.2, -0.15) is 0 Å². The van der Waals surface area contributed by atoms with Gasteiger partial charge in [-0.1, -0.05) is 73.4 Å². The Morgan fingerprint density at radius 1 is 1.09 bits per heavy atom. The summed E-state index contributed by atoms with van der Waals surface area (Å²) in [5, 5.41) is 1.52. The van der Waals surface area contributed by atoms with Crippen LogP contribution in [0.25, 0.3) is 0 Å². The number of benzene rings is 1. The largest absolute Gasteiger partial charge is 0.218 e. The molecule has 0 nitrogen and oxygen atoms in total. The highest BCUT2D eigenvalue weighted by atomic mass is 127. The molecule has 1 aromatic rings. The van der Waals surface area contributed by atoms with Gasteiger partial charge < -0.3 is 0 Å². The van der Waals surface area contributed by atoms with Crippen LogP contribution in [0, 0.1) is 6.92 Å². The maximum absolute atomic E-state index is 2.58. The lowest BCUT2D eigenvalue weighted by atomic mass is 10.2. The summed E-state index contributed by atoms with van der Waals surface area (Å²) in [6, 6.07) is 8.89. The maximum Gasteiger partial charge on any atom is 0.218 e. The SMILES string of the molecule is Cc1ccc([Si](C)(I)I)cc1. The van der Waals surface area contributed by atoms with Crippen molar-refractivity contribution in [1.29, 1.82) is 0 Å². The minimum Gasteiger partial charge on any atom is -0.0987 e. The predicted molar refractivity (Wildman–Crippen MR) is 70.5 cm³/mol. The average Bonchev–Trinajstić information content (AvgIpc) is 1.86. The summed E-state index contributed by atoms with van der Waals surface area (Å²) in [7, 11) is 0. The lowest BCUT2D eigenvalue weighted by Gasteiger charge is -2.11. The van der Waals surface area contributed by atoms with Gasteiger partial charge in [0.2, 0.25) is 3.07 Å². The molecule has 0 unspecified atom stereocenters. The second-order valence-electron chi connectivity index (χ2n) is 2.75. The molecule has 0 bridgehead atoms. The molecule has 0 saturated carbocycles. The molecule has 60 valence electrons. The zero-order valence-electron chi connectivity index (χ0n) is 6.57. The standard InChI is InChI=1S/C8H10I2Si/c1-7-3-5-8(6-4-7)11(2,9)10/h3-6H,1-2H3. The van der Waals surface area contributed by atoms with Crippen molar-refractivity contribution in [2.45, 2.75) is 13.5 Å². The van der Waals surface area contributed by atoms with Gasteiger partial charge >= 0.3 is 0 Å². The third-order valence-electron chi connectivity index (χ3n) is 1.56. The molecule has 0 aliphatic rings. The molecule has 0 saturated heterocycles. The van der Waals surface area contributed by atoms with Gasteiger partial charge in [-0.05, 0) is 18.7 Å². The second kappa shape index (κ2) is 3.74. The number of aryl methyl sites for hydroxylation is 1. The first kappa shape index (κ1) is 9.98. The Morgan fingerprint density at radius 3 is 1.91 bits per heavy atom. The normalized spacial score (nSPS) is 11.6. The van der Waals surface area contributed by atoms with Gasteiger partial charge in [0.1, 0.15) is 0 Å². The molecule has 3 heteroatoms. The van der Waals surface area contributed by atoms with Crippen LogP contribution in [0.5, 0.6) is 0 Å². The van der Waals surface area contributed by atoms with E-state index in [9.17, 15) is 0 Å². The Morgan fingerprint density at radius 2 is 1.55 bits per heavy atom. The van der Waals surface area contributed by atoms with Crippen LogP contribution in [-0.2, 0) is 0 Å². The van der Waals surface area contributed by atoms with Crippen LogP contribution in [0.15, 0.2) is 24.3 Å². The summed E-state index contributed by atoms with van der Waals surface area (Å²) in [6.07, 6.45) is 0. The van der Waals surface area contributed by atoms with Crippen LogP contribution in [0.2, 0.25) is 6.55 Å². The predicted octanol–water partition coefficient (Wildman–Crippen LogP) is 3.14. The molecule has 0 spiro atoms. The highest BCUT2D eigenvalue weighted by Gasteiger charge is 2.20. The molecule has 0 amide bonds. The van der Waals surface area contributed by atoms with Crippen molar-refractivity contribution < 1.29 is 0 Å². The molecule has 1 rings (SSSR count). The Hall–Kier alpha value is 0.897. The monoisotopic (exact) mass is 388 g/mol. The van der Waals surface area contributed by atoms with Gasteiger partial charge in [0.25, 0.3) is 0 Å². The third kappa shape index (κ3) is 3.02. The Bertz CT molecular complexity index is 235. The summed E-state index contributed by atoms with van der Waals surface area (Å²) >= 11 is 5.16. The second-order valence-corrected chi connectivity index (χ2v) is 24.2. The highest BCUT2D eigenvalue weighted by molar-refractivity contribution is 14.3. The quantitative estimate of drug-likeness (QED) is 0.394. The van der Waals surface area contributed by atoms with Gasteiger partial charge in [-0.3, -0.25) is 0 Å². The van der Waals surface area contributed by atoms with E-state index >= 15 is 0 Å². The van der Waals surface area contributed by atoms with Crippen molar-refractivity contribution in [2.75, 3.05) is 0 Å². The first-order valence-electron chi connectivity index (χ1n) is 3.45. The zero-order valence-corrected chi connectivity index (χ0v) is 11.9. The Balaban J connectivity index is 2.99. The molecular weight excluding hydrogens is 378 g/mol. The highest BCUT2D eigenvalue weighted by Crippen LogP contribution is 2.20. The fourth-order valence-corrected chi connectivity index (χ4v) is 3.76. The van der Waals surface area contributed by atoms with Crippen LogP contribution in [-0.4, -0.2) is 3.07 Å². The van der Waals surface area contributed by atoms with E-state index < -0.39 is 3.07 Å². The fourth-order valence-electron chi connectivity index (χ4n) is 0.846. The van der Waals surface area contributed by atoms with E-state index in [1.165, 1.54) is 10.8 Å². The van der Waals surface area contributed by atoms with E-state index in [2.05, 4.69) is 81.3 Å². The first-order chi connectivity index (χ1) is 5.00. The summed E-state index contributed by atoms with van der Waals surface area (Å²) in [5.74, 6) is 0. The minimum absolute atomic E-state index is 1.12. The summed E-state index contributed by atoms with van der Waals surface area (Å²) in [5.41, 5.74) is 1.35. The number of rotatable bonds is 1. The van der Waals surface area contributed by atoms with Crippen LogP contribution < -0.4 is 5.19 Å². The van der Waals surface area contributed by atoms with Gasteiger partial charge in [-0.25, -0.2) is 0 Å². The number of halogens is 2. The molecule has 0 heterocycles. The summed E-state index contributed by atoms with van der Waals surface area (Å²) in [6.45, 7) is 4.47. The zero-order chi connectivity index (χ0) is 8.48. The summed E-state index contributed by atoms with van der Waals surface area (Å²) in [4.78, 5) is 0. The third-order valence-corrected chi connectivity index (χ3v) is 6.64. The maximum atomic E-state index is 2.58. The van der Waals surface area contributed by atoms with E-state index in [1.807, 2.05) is 0 Å². The van der Waals surface area contributed by atoms with Crippen LogP contribution in [0.4, 0.5) is 0 Å². The van der Waals surface area contributed by atoms with E-state index in [0.29, 0.717) is 0 Å². The van der Waals surface area contributed by atoms with Crippen molar-refractivity contribution in [2.24, 2.45) is 0 Å². The van der Waals surface area contributed by atoms with Crippen molar-refractivity contribution in [3.05, 3.63) is 29.8 Å². The smallest absolute Gasteiger partial charge is 0.0987 e. The molecule has 0 aliphatic heterocycles. The van der Waals surface area contributed by atoms with Gasteiger partial charge in [-0.15, -0.1) is 0 Å². The minimum atomic E-state index is -1.12. The molecule has 0 aromatic heterocycles. The van der Waals surface area contributed by atoms with E-state index in [1.54, 1.807) is 0 Å². The van der Waals surface area contributed by atoms with E-state index in [0.717, 1.165) is 0 Å². The van der Waals surface area contributed by atoms with Gasteiger partial charge in [0, 0.05) is 0 Å². The van der Waals surface area contributed by atoms with Crippen molar-refractivity contribution >= 4 is 51.8 Å². The lowest BCUT2D eigenvalue weighted by Crippen LogP contribution is -2.30. The number of hydrogen-bond acceptors (Lipinski definition) is 0. The molecule has 0 radical (unpaired) electrons. The summed E-state index contributed by atoms with van der Waals surface area (Å²) < 4.78 is -1.12. The Kier molecular flexibility index (Phi) is 3.39. The molecule has 0 fully saturated rings. The molecule has 1 aromatic carbocycles. The van der Waals surface area contributed by atoms with Crippen LogP contribution >= 0.6 is 43.6 Å². The molecule has 0 N–H and O–H groups in total. The Labute approximate surface area is 94.2 Å². The molecular formula is C8H10I2Si. The van der Waals surface area contributed by atoms with Crippen LogP contribution in [0.3, 0.4) is 0 Å². The van der Waals surface area contributed by atoms with Crippen molar-refractivity contribution in [3.8, 4) is 0 Å². The van der Waals surface area contributed by atoms with Crippen LogP contribution in [0.1, 0.15) is 5.56 Å². The molecule has 0 aliphatic carbocycles. The fraction of sp³-hybridized carbons (Fsp3) is 0.250. The average molecular weight is 388 g/mol.